The number of nitrogens with one attached hydrogen (secondary N) is 1. The van der Waals surface area contributed by atoms with E-state index < -0.39 is 17.5 Å². The summed E-state index contributed by atoms with van der Waals surface area (Å²) in [5.74, 6) is -1.78. The number of nitrogens with zero attached hydrogens (tertiary/aromatic N) is 1. The third-order valence-corrected chi connectivity index (χ3v) is 3.18. The number of halogens is 3. The Balaban J connectivity index is 2.26. The number of amides is 1. The van der Waals surface area contributed by atoms with Gasteiger partial charge in [-0.2, -0.15) is 5.26 Å². The summed E-state index contributed by atoms with van der Waals surface area (Å²) in [5, 5.41) is 11.0. The van der Waals surface area contributed by atoms with Gasteiger partial charge in [-0.15, -0.1) is 0 Å². The molecule has 0 bridgehead atoms. The smallest absolute Gasteiger partial charge is 0.256 e. The van der Waals surface area contributed by atoms with Crippen molar-refractivity contribution in [3.05, 3.63) is 63.6 Å². The van der Waals surface area contributed by atoms with Gasteiger partial charge in [0, 0.05) is 4.47 Å². The van der Waals surface area contributed by atoms with E-state index in [0.29, 0.717) is 0 Å². The Bertz CT molecular complexity index is 726. The number of hydrogen-bond donors (Lipinski definition) is 1. The predicted molar refractivity (Wildman–Crippen MR) is 73.2 cm³/mol. The Hall–Kier alpha value is -2.26. The number of benzene rings is 2. The summed E-state index contributed by atoms with van der Waals surface area (Å²) in [4.78, 5) is 12.0. The lowest BCUT2D eigenvalue weighted by atomic mass is 10.2. The summed E-state index contributed by atoms with van der Waals surface area (Å²) in [6, 6.07) is 9.06. The zero-order valence-corrected chi connectivity index (χ0v) is 11.5. The van der Waals surface area contributed by atoms with E-state index in [1.807, 2.05) is 0 Å². The highest BCUT2D eigenvalue weighted by Gasteiger charge is 2.13. The van der Waals surface area contributed by atoms with Crippen molar-refractivity contribution in [2.75, 3.05) is 5.32 Å². The fourth-order valence-electron chi connectivity index (χ4n) is 1.55. The van der Waals surface area contributed by atoms with Gasteiger partial charge >= 0.3 is 0 Å². The van der Waals surface area contributed by atoms with Crippen molar-refractivity contribution in [2.24, 2.45) is 0 Å². The molecule has 0 saturated carbocycles. The Kier molecular flexibility index (Phi) is 4.11. The van der Waals surface area contributed by atoms with E-state index in [1.165, 1.54) is 18.2 Å². The van der Waals surface area contributed by atoms with Gasteiger partial charge in [0.15, 0.2) is 0 Å². The van der Waals surface area contributed by atoms with Crippen LogP contribution in [0.2, 0.25) is 0 Å². The van der Waals surface area contributed by atoms with Crippen LogP contribution in [0, 0.1) is 23.0 Å². The second-order valence-electron chi connectivity index (χ2n) is 3.88. The zero-order valence-electron chi connectivity index (χ0n) is 9.95. The van der Waals surface area contributed by atoms with E-state index in [4.69, 9.17) is 5.26 Å². The fourth-order valence-corrected chi connectivity index (χ4v) is 2.08. The van der Waals surface area contributed by atoms with E-state index in [9.17, 15) is 13.6 Å². The number of nitriles is 1. The average Bonchev–Trinajstić information content (AvgIpc) is 2.40. The fraction of sp³-hybridized carbons (Fsp3) is 0. The van der Waals surface area contributed by atoms with Crippen LogP contribution in [-0.2, 0) is 0 Å². The molecule has 2 rings (SSSR count). The van der Waals surface area contributed by atoms with Gasteiger partial charge in [0.25, 0.3) is 5.91 Å². The molecule has 1 amide bonds. The molecule has 6 heteroatoms. The van der Waals surface area contributed by atoms with Crippen LogP contribution in [0.5, 0.6) is 0 Å². The van der Waals surface area contributed by atoms with E-state index >= 15 is 0 Å². The van der Waals surface area contributed by atoms with Crippen LogP contribution >= 0.6 is 15.9 Å². The Morgan fingerprint density at radius 1 is 1.20 bits per heavy atom. The molecule has 2 aromatic carbocycles. The molecule has 0 aliphatic rings. The molecule has 0 aliphatic carbocycles. The minimum atomic E-state index is -0.712. The lowest BCUT2D eigenvalue weighted by molar-refractivity contribution is 0.102. The van der Waals surface area contributed by atoms with E-state index in [1.54, 1.807) is 6.07 Å². The highest BCUT2D eigenvalue weighted by atomic mass is 79.9. The molecule has 2 aromatic rings. The van der Waals surface area contributed by atoms with Crippen molar-refractivity contribution < 1.29 is 13.6 Å². The summed E-state index contributed by atoms with van der Waals surface area (Å²) in [7, 11) is 0. The maximum absolute atomic E-state index is 13.6. The van der Waals surface area contributed by atoms with Gasteiger partial charge in [-0.05, 0) is 52.3 Å². The monoisotopic (exact) mass is 336 g/mol. The Morgan fingerprint density at radius 3 is 2.55 bits per heavy atom. The van der Waals surface area contributed by atoms with Gasteiger partial charge in [0.1, 0.15) is 11.6 Å². The number of carbonyl (C=O) groups excluding carboxylic acids is 1. The third kappa shape index (κ3) is 3.00. The van der Waals surface area contributed by atoms with Gasteiger partial charge in [0.2, 0.25) is 0 Å². The van der Waals surface area contributed by atoms with Gasteiger partial charge < -0.3 is 5.32 Å². The maximum Gasteiger partial charge on any atom is 0.256 e. The molecule has 0 fully saturated rings. The molecule has 1 N–H and O–H groups in total. The van der Waals surface area contributed by atoms with Gasteiger partial charge in [-0.1, -0.05) is 0 Å². The molecule has 0 aliphatic heterocycles. The molecule has 0 aromatic heterocycles. The second-order valence-corrected chi connectivity index (χ2v) is 4.74. The lowest BCUT2D eigenvalue weighted by Gasteiger charge is -2.08. The summed E-state index contributed by atoms with van der Waals surface area (Å²) in [6.45, 7) is 0. The average molecular weight is 337 g/mol. The van der Waals surface area contributed by atoms with Crippen molar-refractivity contribution in [1.29, 1.82) is 5.26 Å². The van der Waals surface area contributed by atoms with E-state index in [0.717, 1.165) is 18.2 Å². The van der Waals surface area contributed by atoms with Crippen LogP contribution in [0.25, 0.3) is 0 Å². The molecule has 0 atom stereocenters. The molecule has 0 saturated heterocycles. The molecular formula is C14H7BrF2N2O. The second kappa shape index (κ2) is 5.80. The topological polar surface area (TPSA) is 52.9 Å². The third-order valence-electron chi connectivity index (χ3n) is 2.52. The molecule has 0 heterocycles. The molecule has 3 nitrogen and oxygen atoms in total. The lowest BCUT2D eigenvalue weighted by Crippen LogP contribution is -2.13. The number of anilines is 1. The SMILES string of the molecule is N#Cc1ccc(NC(=O)c2ccc(F)cc2Br)c(F)c1. The molecule has 0 unspecified atom stereocenters. The molecular weight excluding hydrogens is 330 g/mol. The van der Waals surface area contributed by atoms with E-state index in [-0.39, 0.29) is 21.3 Å². The first-order chi connectivity index (χ1) is 9.51. The Morgan fingerprint density at radius 2 is 1.95 bits per heavy atom. The zero-order chi connectivity index (χ0) is 14.7. The minimum absolute atomic E-state index is 0.0507. The van der Waals surface area contributed by atoms with Gasteiger partial charge in [-0.3, -0.25) is 4.79 Å². The molecule has 20 heavy (non-hydrogen) atoms. The maximum atomic E-state index is 13.6. The standard InChI is InChI=1S/C14H7BrF2N2O/c15-11-6-9(16)2-3-10(11)14(20)19-13-4-1-8(7-18)5-12(13)17/h1-6H,(H,19,20). The first-order valence-corrected chi connectivity index (χ1v) is 6.26. The highest BCUT2D eigenvalue weighted by Crippen LogP contribution is 2.21. The van der Waals surface area contributed by atoms with Crippen LogP contribution in [0.15, 0.2) is 40.9 Å². The first kappa shape index (κ1) is 14.2. The van der Waals surface area contributed by atoms with Crippen molar-refractivity contribution in [3.63, 3.8) is 0 Å². The highest BCUT2D eigenvalue weighted by molar-refractivity contribution is 9.10. The summed E-state index contributed by atoms with van der Waals surface area (Å²) in [6.07, 6.45) is 0. The van der Waals surface area contributed by atoms with Gasteiger partial charge in [0.05, 0.1) is 22.9 Å². The molecule has 0 radical (unpaired) electrons. The van der Waals surface area contributed by atoms with Crippen LogP contribution in [-0.4, -0.2) is 5.91 Å². The molecule has 0 spiro atoms. The molecule has 100 valence electrons. The largest absolute Gasteiger partial charge is 0.319 e. The van der Waals surface area contributed by atoms with Crippen LogP contribution in [0.1, 0.15) is 15.9 Å². The van der Waals surface area contributed by atoms with Crippen molar-refractivity contribution >= 4 is 27.5 Å². The van der Waals surface area contributed by atoms with Gasteiger partial charge in [-0.25, -0.2) is 8.78 Å². The summed E-state index contributed by atoms with van der Waals surface area (Å²) >= 11 is 3.06. The normalized spacial score (nSPS) is 9.90. The van der Waals surface area contributed by atoms with E-state index in [2.05, 4.69) is 21.2 Å². The van der Waals surface area contributed by atoms with Crippen molar-refractivity contribution in [1.82, 2.24) is 0 Å². The number of carbonyl (C=O) groups is 1. The van der Waals surface area contributed by atoms with Crippen molar-refractivity contribution in [2.45, 2.75) is 0 Å². The van der Waals surface area contributed by atoms with Crippen LogP contribution < -0.4 is 5.32 Å². The Labute approximate surface area is 122 Å². The van der Waals surface area contributed by atoms with Crippen LogP contribution in [0.4, 0.5) is 14.5 Å². The van der Waals surface area contributed by atoms with Crippen LogP contribution in [0.3, 0.4) is 0 Å². The summed E-state index contributed by atoms with van der Waals surface area (Å²) < 4.78 is 26.8. The first-order valence-electron chi connectivity index (χ1n) is 5.47. The number of rotatable bonds is 2. The minimum Gasteiger partial charge on any atom is -0.319 e. The quantitative estimate of drug-likeness (QED) is 0.905. The van der Waals surface area contributed by atoms with Crippen molar-refractivity contribution in [3.8, 4) is 6.07 Å². The number of hydrogen-bond acceptors (Lipinski definition) is 2. The predicted octanol–water partition coefficient (Wildman–Crippen LogP) is 3.85. The summed E-state index contributed by atoms with van der Waals surface area (Å²) in [5.41, 5.74) is 0.281.